The van der Waals surface area contributed by atoms with E-state index in [4.69, 9.17) is 19.3 Å². The van der Waals surface area contributed by atoms with Gasteiger partial charge >= 0.3 is 5.97 Å². The SMILES string of the molecule is O=C(O)c1cc(CCOCCOCCOCCCCCCCCCCCS)c(F)c(F)c1F. The average molecular weight is 495 g/mol. The topological polar surface area (TPSA) is 65.0 Å². The lowest BCUT2D eigenvalue weighted by atomic mass is 10.1. The van der Waals surface area contributed by atoms with Gasteiger partial charge in [-0.2, -0.15) is 12.6 Å². The number of hydrogen-bond acceptors (Lipinski definition) is 5. The minimum absolute atomic E-state index is 0.0244. The zero-order chi connectivity index (χ0) is 24.3. The van der Waals surface area contributed by atoms with Gasteiger partial charge in [-0.3, -0.25) is 0 Å². The van der Waals surface area contributed by atoms with Gasteiger partial charge in [0, 0.05) is 6.61 Å². The van der Waals surface area contributed by atoms with Crippen LogP contribution in [0.1, 0.15) is 73.7 Å². The second kappa shape index (κ2) is 19.1. The summed E-state index contributed by atoms with van der Waals surface area (Å²) in [6.45, 7) is 2.25. The van der Waals surface area contributed by atoms with Crippen LogP contribution in [-0.2, 0) is 20.6 Å². The van der Waals surface area contributed by atoms with E-state index in [2.05, 4.69) is 12.6 Å². The molecule has 0 spiro atoms. The molecule has 9 heteroatoms. The summed E-state index contributed by atoms with van der Waals surface area (Å²) in [5, 5.41) is 8.85. The van der Waals surface area contributed by atoms with Gasteiger partial charge in [0.1, 0.15) is 0 Å². The van der Waals surface area contributed by atoms with E-state index in [0.29, 0.717) is 19.8 Å². The van der Waals surface area contributed by atoms with Crippen molar-refractivity contribution in [3.63, 3.8) is 0 Å². The standard InChI is InChI=1S/C24H37F3O5S/c25-21-19(18-20(24(28)29)22(26)23(21)27)10-12-31-14-16-32-15-13-30-11-8-6-4-2-1-3-5-7-9-17-33/h18,33H,1-17H2,(H,28,29). The molecule has 0 aliphatic rings. The molecule has 0 amide bonds. The molecule has 1 rings (SSSR count). The first-order chi connectivity index (χ1) is 16.0. The molecule has 1 aromatic rings. The molecule has 0 bridgehead atoms. The van der Waals surface area contributed by atoms with E-state index in [9.17, 15) is 18.0 Å². The Balaban J connectivity index is 1.94. The second-order valence-corrected chi connectivity index (χ2v) is 8.27. The molecule has 0 aromatic heterocycles. The summed E-state index contributed by atoms with van der Waals surface area (Å²) < 4.78 is 56.8. The molecule has 190 valence electrons. The van der Waals surface area contributed by atoms with E-state index in [0.717, 1.165) is 24.8 Å². The number of rotatable bonds is 21. The first kappa shape index (κ1) is 29.7. The van der Waals surface area contributed by atoms with Crippen molar-refractivity contribution in [3.8, 4) is 0 Å². The highest BCUT2D eigenvalue weighted by Crippen LogP contribution is 2.20. The van der Waals surface area contributed by atoms with Crippen LogP contribution >= 0.6 is 12.6 Å². The summed E-state index contributed by atoms with van der Waals surface area (Å²) in [6.07, 6.45) is 11.1. The quantitative estimate of drug-likeness (QED) is 0.128. The predicted octanol–water partition coefficient (Wildman–Crippen LogP) is 5.84. The van der Waals surface area contributed by atoms with Crippen LogP contribution in [0.4, 0.5) is 13.2 Å². The second-order valence-electron chi connectivity index (χ2n) is 7.82. The van der Waals surface area contributed by atoms with Crippen molar-refractivity contribution in [3.05, 3.63) is 34.6 Å². The fraction of sp³-hybridized carbons (Fsp3) is 0.708. The van der Waals surface area contributed by atoms with Crippen LogP contribution in [0, 0.1) is 17.5 Å². The Bertz CT molecular complexity index is 676. The van der Waals surface area contributed by atoms with Crippen molar-refractivity contribution in [1.82, 2.24) is 0 Å². The molecule has 0 saturated carbocycles. The highest BCUT2D eigenvalue weighted by molar-refractivity contribution is 7.80. The molecule has 1 aromatic carbocycles. The molecule has 0 fully saturated rings. The van der Waals surface area contributed by atoms with Crippen molar-refractivity contribution < 1.29 is 37.3 Å². The van der Waals surface area contributed by atoms with Crippen LogP contribution in [-0.4, -0.2) is 56.5 Å². The smallest absolute Gasteiger partial charge is 0.338 e. The van der Waals surface area contributed by atoms with Gasteiger partial charge in [-0.1, -0.05) is 44.9 Å². The van der Waals surface area contributed by atoms with Crippen LogP contribution in [0.15, 0.2) is 6.07 Å². The lowest BCUT2D eigenvalue weighted by molar-refractivity contribution is 0.0143. The Morgan fingerprint density at radius 3 is 1.73 bits per heavy atom. The van der Waals surface area contributed by atoms with E-state index >= 15 is 0 Å². The number of aromatic carboxylic acids is 1. The van der Waals surface area contributed by atoms with Crippen molar-refractivity contribution in [2.75, 3.05) is 45.4 Å². The predicted molar refractivity (Wildman–Crippen MR) is 125 cm³/mol. The van der Waals surface area contributed by atoms with Gasteiger partial charge in [-0.15, -0.1) is 0 Å². The summed E-state index contributed by atoms with van der Waals surface area (Å²) in [5.74, 6) is -5.55. The summed E-state index contributed by atoms with van der Waals surface area (Å²) in [6, 6.07) is 0.791. The number of ether oxygens (including phenoxy) is 3. The molecule has 0 aliphatic heterocycles. The zero-order valence-electron chi connectivity index (χ0n) is 19.3. The summed E-state index contributed by atoms with van der Waals surface area (Å²) in [7, 11) is 0. The number of carbonyl (C=O) groups is 1. The Morgan fingerprint density at radius 1 is 0.697 bits per heavy atom. The van der Waals surface area contributed by atoms with Crippen molar-refractivity contribution in [2.45, 2.75) is 64.2 Å². The highest BCUT2D eigenvalue weighted by atomic mass is 32.1. The van der Waals surface area contributed by atoms with E-state index in [-0.39, 0.29) is 25.2 Å². The summed E-state index contributed by atoms with van der Waals surface area (Å²) in [4.78, 5) is 10.9. The third-order valence-electron chi connectivity index (χ3n) is 5.16. The number of benzene rings is 1. The Morgan fingerprint density at radius 2 is 1.18 bits per heavy atom. The fourth-order valence-corrected chi connectivity index (χ4v) is 3.50. The maximum atomic E-state index is 13.7. The number of hydrogen-bond donors (Lipinski definition) is 2. The number of unbranched alkanes of at least 4 members (excludes halogenated alkanes) is 8. The van der Waals surface area contributed by atoms with Gasteiger partial charge in [0.2, 0.25) is 0 Å². The molecule has 0 unspecified atom stereocenters. The Kier molecular flexibility index (Phi) is 17.2. The number of thiol groups is 1. The highest BCUT2D eigenvalue weighted by Gasteiger charge is 2.22. The molecule has 5 nitrogen and oxygen atoms in total. The number of carboxylic acids is 1. The van der Waals surface area contributed by atoms with Crippen molar-refractivity contribution in [2.24, 2.45) is 0 Å². The minimum atomic E-state index is -1.79. The fourth-order valence-electron chi connectivity index (χ4n) is 3.27. The van der Waals surface area contributed by atoms with Crippen LogP contribution in [0.2, 0.25) is 0 Å². The number of carboxylic acid groups (broad SMARTS) is 1. The van der Waals surface area contributed by atoms with Crippen LogP contribution in [0.3, 0.4) is 0 Å². The van der Waals surface area contributed by atoms with Gasteiger partial charge in [-0.25, -0.2) is 18.0 Å². The van der Waals surface area contributed by atoms with Crippen LogP contribution in [0.25, 0.3) is 0 Å². The molecule has 0 saturated heterocycles. The van der Waals surface area contributed by atoms with Crippen LogP contribution < -0.4 is 0 Å². The van der Waals surface area contributed by atoms with E-state index < -0.39 is 29.0 Å². The molecule has 1 N–H and O–H groups in total. The maximum absolute atomic E-state index is 13.7. The van der Waals surface area contributed by atoms with Crippen molar-refractivity contribution in [1.29, 1.82) is 0 Å². The molecule has 0 heterocycles. The molecule has 0 atom stereocenters. The molecule has 0 radical (unpaired) electrons. The number of halogens is 3. The molecule has 33 heavy (non-hydrogen) atoms. The average Bonchev–Trinajstić information content (AvgIpc) is 2.80. The lowest BCUT2D eigenvalue weighted by Gasteiger charge is -2.09. The summed E-state index contributed by atoms with van der Waals surface area (Å²) in [5.41, 5.74) is -1.15. The zero-order valence-corrected chi connectivity index (χ0v) is 20.2. The maximum Gasteiger partial charge on any atom is 0.338 e. The first-order valence-electron chi connectivity index (χ1n) is 11.7. The minimum Gasteiger partial charge on any atom is -0.478 e. The van der Waals surface area contributed by atoms with E-state index in [1.54, 1.807) is 0 Å². The monoisotopic (exact) mass is 494 g/mol. The molecule has 0 aliphatic carbocycles. The third kappa shape index (κ3) is 13.2. The van der Waals surface area contributed by atoms with Gasteiger partial charge < -0.3 is 19.3 Å². The van der Waals surface area contributed by atoms with E-state index in [1.165, 1.54) is 51.4 Å². The van der Waals surface area contributed by atoms with Gasteiger partial charge in [0.25, 0.3) is 0 Å². The molecular weight excluding hydrogens is 457 g/mol. The normalized spacial score (nSPS) is 11.3. The largest absolute Gasteiger partial charge is 0.478 e. The van der Waals surface area contributed by atoms with E-state index in [1.807, 2.05) is 0 Å². The van der Waals surface area contributed by atoms with Crippen molar-refractivity contribution >= 4 is 18.6 Å². The Labute approximate surface area is 200 Å². The summed E-state index contributed by atoms with van der Waals surface area (Å²) >= 11 is 4.21. The van der Waals surface area contributed by atoms with Gasteiger partial charge in [0.15, 0.2) is 17.5 Å². The molecular formula is C24H37F3O5S. The lowest BCUT2D eigenvalue weighted by Crippen LogP contribution is -2.12. The Hall–Kier alpha value is -1.29. The van der Waals surface area contributed by atoms with Crippen LogP contribution in [0.5, 0.6) is 0 Å². The first-order valence-corrected chi connectivity index (χ1v) is 12.4. The van der Waals surface area contributed by atoms with Gasteiger partial charge in [0.05, 0.1) is 38.6 Å². The third-order valence-corrected chi connectivity index (χ3v) is 5.48. The van der Waals surface area contributed by atoms with Gasteiger partial charge in [-0.05, 0) is 36.6 Å².